The SMILES string of the molecule is c1ccc2sc(Nc3ccc(N4CCOCC4)nc3)nc2c1. The summed E-state index contributed by atoms with van der Waals surface area (Å²) in [6.45, 7) is 3.34. The number of anilines is 3. The lowest BCUT2D eigenvalue weighted by atomic mass is 10.3. The van der Waals surface area contributed by atoms with E-state index < -0.39 is 0 Å². The minimum atomic E-state index is 0.771. The Kier molecular flexibility index (Phi) is 3.62. The van der Waals surface area contributed by atoms with Gasteiger partial charge in [-0.3, -0.25) is 0 Å². The van der Waals surface area contributed by atoms with Crippen LogP contribution in [-0.4, -0.2) is 36.3 Å². The van der Waals surface area contributed by atoms with Crippen LogP contribution in [0.5, 0.6) is 0 Å². The number of aromatic nitrogens is 2. The number of nitrogens with one attached hydrogen (secondary N) is 1. The van der Waals surface area contributed by atoms with Crippen LogP contribution in [-0.2, 0) is 4.74 Å². The standard InChI is InChI=1S/C16H16N4OS/c1-2-4-14-13(3-1)19-16(22-14)18-12-5-6-15(17-11-12)20-7-9-21-10-8-20/h1-6,11H,7-10H2,(H,18,19). The van der Waals surface area contributed by atoms with Gasteiger partial charge in [0.25, 0.3) is 0 Å². The number of ether oxygens (including phenoxy) is 1. The fourth-order valence-corrected chi connectivity index (χ4v) is 3.37. The molecule has 1 aliphatic heterocycles. The van der Waals surface area contributed by atoms with Gasteiger partial charge < -0.3 is 15.0 Å². The Balaban J connectivity index is 1.50. The summed E-state index contributed by atoms with van der Waals surface area (Å²) in [4.78, 5) is 11.4. The molecule has 5 nitrogen and oxygen atoms in total. The number of para-hydroxylation sites is 1. The van der Waals surface area contributed by atoms with Gasteiger partial charge in [-0.2, -0.15) is 0 Å². The van der Waals surface area contributed by atoms with Gasteiger partial charge >= 0.3 is 0 Å². The number of benzene rings is 1. The number of hydrogen-bond acceptors (Lipinski definition) is 6. The molecule has 22 heavy (non-hydrogen) atoms. The fourth-order valence-electron chi connectivity index (χ4n) is 2.49. The molecule has 0 atom stereocenters. The normalized spacial score (nSPS) is 15.2. The largest absolute Gasteiger partial charge is 0.378 e. The van der Waals surface area contributed by atoms with Gasteiger partial charge in [0.15, 0.2) is 5.13 Å². The highest BCUT2D eigenvalue weighted by Gasteiger charge is 2.12. The van der Waals surface area contributed by atoms with Crippen molar-refractivity contribution in [3.05, 3.63) is 42.6 Å². The Morgan fingerprint density at radius 2 is 1.95 bits per heavy atom. The topological polar surface area (TPSA) is 50.3 Å². The van der Waals surface area contributed by atoms with E-state index in [-0.39, 0.29) is 0 Å². The summed E-state index contributed by atoms with van der Waals surface area (Å²) in [7, 11) is 0. The van der Waals surface area contributed by atoms with Crippen molar-refractivity contribution in [2.24, 2.45) is 0 Å². The summed E-state index contributed by atoms with van der Waals surface area (Å²) < 4.78 is 6.55. The highest BCUT2D eigenvalue weighted by atomic mass is 32.1. The highest BCUT2D eigenvalue weighted by Crippen LogP contribution is 2.28. The maximum atomic E-state index is 5.36. The quantitative estimate of drug-likeness (QED) is 0.804. The number of pyridine rings is 1. The van der Waals surface area contributed by atoms with Crippen LogP contribution in [0, 0.1) is 0 Å². The molecule has 112 valence electrons. The third kappa shape index (κ3) is 2.75. The summed E-state index contributed by atoms with van der Waals surface area (Å²) in [5.74, 6) is 0.998. The molecule has 1 saturated heterocycles. The van der Waals surface area contributed by atoms with Crippen LogP contribution in [0.25, 0.3) is 10.2 Å². The molecule has 6 heteroatoms. The number of fused-ring (bicyclic) bond motifs is 1. The molecule has 1 aromatic carbocycles. The molecule has 0 unspecified atom stereocenters. The van der Waals surface area contributed by atoms with E-state index in [0.29, 0.717) is 0 Å². The Bertz CT molecular complexity index is 732. The van der Waals surface area contributed by atoms with Gasteiger partial charge in [0.1, 0.15) is 5.82 Å². The molecule has 0 radical (unpaired) electrons. The second-order valence-electron chi connectivity index (χ2n) is 5.12. The summed E-state index contributed by atoms with van der Waals surface area (Å²) >= 11 is 1.65. The first-order chi connectivity index (χ1) is 10.9. The maximum Gasteiger partial charge on any atom is 0.188 e. The minimum absolute atomic E-state index is 0.771. The lowest BCUT2D eigenvalue weighted by Gasteiger charge is -2.27. The van der Waals surface area contributed by atoms with Gasteiger partial charge in [-0.1, -0.05) is 23.5 Å². The third-order valence-corrected chi connectivity index (χ3v) is 4.58. The molecule has 4 rings (SSSR count). The number of nitrogens with zero attached hydrogens (tertiary/aromatic N) is 3. The van der Waals surface area contributed by atoms with Crippen LogP contribution in [0.2, 0.25) is 0 Å². The second kappa shape index (κ2) is 5.90. The Morgan fingerprint density at radius 1 is 1.09 bits per heavy atom. The predicted molar refractivity (Wildman–Crippen MR) is 90.2 cm³/mol. The van der Waals surface area contributed by atoms with E-state index >= 15 is 0 Å². The molecule has 0 spiro atoms. The van der Waals surface area contributed by atoms with E-state index in [9.17, 15) is 0 Å². The average molecular weight is 312 g/mol. The highest BCUT2D eigenvalue weighted by molar-refractivity contribution is 7.22. The van der Waals surface area contributed by atoms with E-state index in [2.05, 4.69) is 26.3 Å². The molecule has 0 bridgehead atoms. The minimum Gasteiger partial charge on any atom is -0.378 e. The Hall–Kier alpha value is -2.18. The molecule has 3 aromatic rings. The van der Waals surface area contributed by atoms with Crippen LogP contribution in [0.1, 0.15) is 0 Å². The zero-order valence-electron chi connectivity index (χ0n) is 12.0. The molecule has 3 heterocycles. The summed E-state index contributed by atoms with van der Waals surface area (Å²) in [5.41, 5.74) is 1.98. The van der Waals surface area contributed by atoms with Crippen molar-refractivity contribution in [1.82, 2.24) is 9.97 Å². The number of rotatable bonds is 3. The molecule has 1 N–H and O–H groups in total. The zero-order chi connectivity index (χ0) is 14.8. The number of morpholine rings is 1. The molecular formula is C16H16N4OS. The first-order valence-corrected chi connectivity index (χ1v) is 8.11. The van der Waals surface area contributed by atoms with E-state index in [1.165, 1.54) is 4.70 Å². The first-order valence-electron chi connectivity index (χ1n) is 7.30. The second-order valence-corrected chi connectivity index (χ2v) is 6.15. The molecular weight excluding hydrogens is 296 g/mol. The van der Waals surface area contributed by atoms with E-state index in [0.717, 1.165) is 48.5 Å². The molecule has 0 saturated carbocycles. The van der Waals surface area contributed by atoms with Crippen LogP contribution in [0.4, 0.5) is 16.6 Å². The average Bonchev–Trinajstić information content (AvgIpc) is 2.98. The van der Waals surface area contributed by atoms with Crippen LogP contribution in [0.15, 0.2) is 42.6 Å². The van der Waals surface area contributed by atoms with Gasteiger partial charge in [0.05, 0.1) is 35.3 Å². The summed E-state index contributed by atoms with van der Waals surface area (Å²) in [5, 5.41) is 4.22. The van der Waals surface area contributed by atoms with E-state index in [1.54, 1.807) is 11.3 Å². The van der Waals surface area contributed by atoms with Gasteiger partial charge in [-0.05, 0) is 24.3 Å². The van der Waals surface area contributed by atoms with Crippen molar-refractivity contribution >= 4 is 38.2 Å². The Morgan fingerprint density at radius 3 is 2.73 bits per heavy atom. The van der Waals surface area contributed by atoms with Crippen molar-refractivity contribution in [1.29, 1.82) is 0 Å². The fraction of sp³-hybridized carbons (Fsp3) is 0.250. The predicted octanol–water partition coefficient (Wildman–Crippen LogP) is 3.27. The van der Waals surface area contributed by atoms with Crippen molar-refractivity contribution < 1.29 is 4.74 Å². The molecule has 0 aliphatic carbocycles. The van der Waals surface area contributed by atoms with Crippen LogP contribution < -0.4 is 10.2 Å². The van der Waals surface area contributed by atoms with Gasteiger partial charge in [0, 0.05) is 13.1 Å². The van der Waals surface area contributed by atoms with Crippen molar-refractivity contribution in [2.45, 2.75) is 0 Å². The monoisotopic (exact) mass is 312 g/mol. The first kappa shape index (κ1) is 13.5. The van der Waals surface area contributed by atoms with Crippen molar-refractivity contribution in [3.63, 3.8) is 0 Å². The summed E-state index contributed by atoms with van der Waals surface area (Å²) in [6.07, 6.45) is 1.86. The number of hydrogen-bond donors (Lipinski definition) is 1. The smallest absolute Gasteiger partial charge is 0.188 e. The lowest BCUT2D eigenvalue weighted by molar-refractivity contribution is 0.122. The zero-order valence-corrected chi connectivity index (χ0v) is 12.8. The summed E-state index contributed by atoms with van der Waals surface area (Å²) in [6, 6.07) is 12.2. The van der Waals surface area contributed by atoms with Crippen molar-refractivity contribution in [2.75, 3.05) is 36.5 Å². The van der Waals surface area contributed by atoms with Crippen LogP contribution >= 0.6 is 11.3 Å². The van der Waals surface area contributed by atoms with E-state index in [1.807, 2.05) is 36.5 Å². The van der Waals surface area contributed by atoms with Gasteiger partial charge in [-0.25, -0.2) is 9.97 Å². The van der Waals surface area contributed by atoms with E-state index in [4.69, 9.17) is 4.74 Å². The molecule has 2 aromatic heterocycles. The molecule has 1 fully saturated rings. The van der Waals surface area contributed by atoms with Crippen LogP contribution in [0.3, 0.4) is 0 Å². The molecule has 0 amide bonds. The van der Waals surface area contributed by atoms with Gasteiger partial charge in [-0.15, -0.1) is 0 Å². The van der Waals surface area contributed by atoms with Gasteiger partial charge in [0.2, 0.25) is 0 Å². The molecule has 1 aliphatic rings. The maximum absolute atomic E-state index is 5.36. The Labute approximate surface area is 132 Å². The number of thiazole rings is 1. The third-order valence-electron chi connectivity index (χ3n) is 3.63. The lowest BCUT2D eigenvalue weighted by Crippen LogP contribution is -2.36. The van der Waals surface area contributed by atoms with Crippen molar-refractivity contribution in [3.8, 4) is 0 Å².